The van der Waals surface area contributed by atoms with Crippen LogP contribution in [-0.2, 0) is 14.2 Å². The summed E-state index contributed by atoms with van der Waals surface area (Å²) in [5.74, 6) is 0.824. The Bertz CT molecular complexity index is 437. The molecule has 1 saturated carbocycles. The van der Waals surface area contributed by atoms with Crippen molar-refractivity contribution in [2.24, 2.45) is 11.8 Å². The summed E-state index contributed by atoms with van der Waals surface area (Å²) in [5.41, 5.74) is -0.725. The van der Waals surface area contributed by atoms with Gasteiger partial charge >= 0.3 is 0 Å². The third-order valence-corrected chi connectivity index (χ3v) is 6.11. The lowest BCUT2D eigenvalue weighted by Crippen LogP contribution is -2.50. The van der Waals surface area contributed by atoms with Crippen LogP contribution in [0.25, 0.3) is 0 Å². The monoisotopic (exact) mass is 326 g/mol. The molecule has 0 aromatic rings. The number of aliphatic hydroxyl groups is 1. The smallest absolute Gasteiger partial charge is 0.0980 e. The molecule has 4 heteroatoms. The number of ether oxygens (including phenoxy) is 3. The van der Waals surface area contributed by atoms with Crippen LogP contribution in [0, 0.1) is 11.8 Å². The third kappa shape index (κ3) is 3.46. The number of rotatable bonds is 6. The van der Waals surface area contributed by atoms with Crippen LogP contribution in [-0.4, -0.2) is 46.8 Å². The first kappa shape index (κ1) is 17.7. The highest BCUT2D eigenvalue weighted by atomic mass is 16.6. The number of hydrogen-bond acceptors (Lipinski definition) is 4. The first-order valence-corrected chi connectivity index (χ1v) is 9.27. The Kier molecular flexibility index (Phi) is 4.37. The fourth-order valence-electron chi connectivity index (χ4n) is 4.88. The molecule has 0 aromatic heterocycles. The van der Waals surface area contributed by atoms with Crippen molar-refractivity contribution in [2.45, 2.75) is 102 Å². The van der Waals surface area contributed by atoms with Crippen LogP contribution < -0.4 is 0 Å². The molecule has 0 aromatic carbocycles. The number of epoxide rings is 2. The van der Waals surface area contributed by atoms with E-state index in [1.807, 2.05) is 13.8 Å². The minimum absolute atomic E-state index is 0.0223. The molecule has 1 aliphatic carbocycles. The molecule has 23 heavy (non-hydrogen) atoms. The Hall–Kier alpha value is -0.160. The quantitative estimate of drug-likeness (QED) is 0.761. The fraction of sp³-hybridized carbons (Fsp3) is 1.00. The first-order valence-electron chi connectivity index (χ1n) is 9.27. The predicted octanol–water partition coefficient (Wildman–Crippen LogP) is 3.30. The summed E-state index contributed by atoms with van der Waals surface area (Å²) in [6.07, 6.45) is 4.64. The van der Waals surface area contributed by atoms with Gasteiger partial charge in [0.25, 0.3) is 0 Å². The van der Waals surface area contributed by atoms with Gasteiger partial charge in [-0.25, -0.2) is 0 Å². The summed E-state index contributed by atoms with van der Waals surface area (Å²) < 4.78 is 18.3. The zero-order chi connectivity index (χ0) is 17.0. The predicted molar refractivity (Wildman–Crippen MR) is 89.4 cm³/mol. The largest absolute Gasteiger partial charge is 0.390 e. The molecule has 0 amide bonds. The van der Waals surface area contributed by atoms with Gasteiger partial charge in [0.1, 0.15) is 0 Å². The Labute approximate surface area is 140 Å². The van der Waals surface area contributed by atoms with Gasteiger partial charge in [-0.2, -0.15) is 0 Å². The molecule has 1 spiro atoms. The summed E-state index contributed by atoms with van der Waals surface area (Å²) >= 11 is 0. The highest BCUT2D eigenvalue weighted by molar-refractivity contribution is 5.18. The van der Waals surface area contributed by atoms with Crippen LogP contribution >= 0.6 is 0 Å². The van der Waals surface area contributed by atoms with Crippen LogP contribution in [0.4, 0.5) is 0 Å². The molecule has 6 atom stereocenters. The van der Waals surface area contributed by atoms with Gasteiger partial charge in [0.05, 0.1) is 41.7 Å². The van der Waals surface area contributed by atoms with E-state index in [-0.39, 0.29) is 23.4 Å². The molecule has 2 saturated heterocycles. The average molecular weight is 326 g/mol. The van der Waals surface area contributed by atoms with Crippen LogP contribution in [0.15, 0.2) is 0 Å². The standard InChI is InChI=1S/C19H34O4/c1-12(2)22-14-7-10-19(11-21-19)16(13(14)3)18(6)15(23-18)8-9-17(4,5)20/h12-16,20H,7-11H2,1-6H3/t13-,14-,15-,16?,18+,19+/m1/s1. The lowest BCUT2D eigenvalue weighted by Gasteiger charge is -2.43. The maximum atomic E-state index is 9.98. The van der Waals surface area contributed by atoms with Crippen molar-refractivity contribution in [1.82, 2.24) is 0 Å². The Morgan fingerprint density at radius 2 is 2.00 bits per heavy atom. The number of hydrogen-bond donors (Lipinski definition) is 1. The van der Waals surface area contributed by atoms with Crippen LogP contribution in [0.5, 0.6) is 0 Å². The van der Waals surface area contributed by atoms with Crippen LogP contribution in [0.2, 0.25) is 0 Å². The van der Waals surface area contributed by atoms with Crippen molar-refractivity contribution < 1.29 is 19.3 Å². The van der Waals surface area contributed by atoms with Gasteiger partial charge in [-0.05, 0) is 66.2 Å². The second kappa shape index (κ2) is 5.69. The van der Waals surface area contributed by atoms with Crippen LogP contribution in [0.3, 0.4) is 0 Å². The average Bonchev–Trinajstić information content (AvgIpc) is 3.30. The van der Waals surface area contributed by atoms with E-state index in [9.17, 15) is 5.11 Å². The van der Waals surface area contributed by atoms with Gasteiger partial charge in [0.15, 0.2) is 0 Å². The first-order chi connectivity index (χ1) is 10.6. The van der Waals surface area contributed by atoms with Crippen molar-refractivity contribution in [3.05, 3.63) is 0 Å². The molecule has 1 unspecified atom stereocenters. The van der Waals surface area contributed by atoms with E-state index in [4.69, 9.17) is 14.2 Å². The Balaban J connectivity index is 1.69. The van der Waals surface area contributed by atoms with E-state index < -0.39 is 5.60 Å². The van der Waals surface area contributed by atoms with E-state index in [0.717, 1.165) is 32.3 Å². The van der Waals surface area contributed by atoms with Gasteiger partial charge < -0.3 is 19.3 Å². The minimum atomic E-state index is -0.623. The van der Waals surface area contributed by atoms with Gasteiger partial charge in [-0.15, -0.1) is 0 Å². The van der Waals surface area contributed by atoms with Gasteiger partial charge in [0, 0.05) is 5.92 Å². The zero-order valence-corrected chi connectivity index (χ0v) is 15.6. The molecule has 2 heterocycles. The SMILES string of the molecule is CC(C)O[C@@H]1CC[C@]2(CO2)C([C@@]2(C)O[C@@H]2CCC(C)(C)O)[C@@H]1C. The summed E-state index contributed by atoms with van der Waals surface area (Å²) in [5, 5.41) is 9.98. The van der Waals surface area contributed by atoms with Crippen molar-refractivity contribution in [1.29, 1.82) is 0 Å². The van der Waals surface area contributed by atoms with E-state index in [2.05, 4.69) is 27.7 Å². The summed E-state index contributed by atoms with van der Waals surface area (Å²) in [6, 6.07) is 0. The molecule has 3 aliphatic rings. The summed E-state index contributed by atoms with van der Waals surface area (Å²) in [6.45, 7) is 13.4. The third-order valence-electron chi connectivity index (χ3n) is 6.11. The summed E-state index contributed by atoms with van der Waals surface area (Å²) in [4.78, 5) is 0. The van der Waals surface area contributed by atoms with Gasteiger partial charge in [0.2, 0.25) is 0 Å². The molecule has 0 radical (unpaired) electrons. The molecule has 134 valence electrons. The second-order valence-corrected chi connectivity index (χ2v) is 9.09. The normalized spacial score (nSPS) is 46.4. The lowest BCUT2D eigenvalue weighted by molar-refractivity contribution is -0.0930. The zero-order valence-electron chi connectivity index (χ0n) is 15.6. The molecular formula is C19H34O4. The Morgan fingerprint density at radius 3 is 2.52 bits per heavy atom. The lowest BCUT2D eigenvalue weighted by atomic mass is 9.64. The van der Waals surface area contributed by atoms with E-state index in [1.54, 1.807) is 0 Å². The van der Waals surface area contributed by atoms with Crippen molar-refractivity contribution in [3.63, 3.8) is 0 Å². The maximum absolute atomic E-state index is 9.98. The fourth-order valence-corrected chi connectivity index (χ4v) is 4.88. The molecule has 3 rings (SSSR count). The van der Waals surface area contributed by atoms with Crippen molar-refractivity contribution in [2.75, 3.05) is 6.61 Å². The summed E-state index contributed by atoms with van der Waals surface area (Å²) in [7, 11) is 0. The van der Waals surface area contributed by atoms with Crippen LogP contribution in [0.1, 0.15) is 67.2 Å². The van der Waals surface area contributed by atoms with Gasteiger partial charge in [-0.3, -0.25) is 0 Å². The van der Waals surface area contributed by atoms with Crippen molar-refractivity contribution >= 4 is 0 Å². The van der Waals surface area contributed by atoms with E-state index in [1.165, 1.54) is 0 Å². The highest BCUT2D eigenvalue weighted by Crippen LogP contribution is 2.61. The second-order valence-electron chi connectivity index (χ2n) is 9.09. The molecule has 4 nitrogen and oxygen atoms in total. The molecule has 1 N–H and O–H groups in total. The van der Waals surface area contributed by atoms with E-state index in [0.29, 0.717) is 17.9 Å². The highest BCUT2D eigenvalue weighted by Gasteiger charge is 2.70. The molecule has 0 bridgehead atoms. The molecule has 2 aliphatic heterocycles. The van der Waals surface area contributed by atoms with Crippen molar-refractivity contribution in [3.8, 4) is 0 Å². The molecule has 3 fully saturated rings. The molecular weight excluding hydrogens is 292 g/mol. The Morgan fingerprint density at radius 1 is 1.35 bits per heavy atom. The minimum Gasteiger partial charge on any atom is -0.390 e. The van der Waals surface area contributed by atoms with Gasteiger partial charge in [-0.1, -0.05) is 6.92 Å². The van der Waals surface area contributed by atoms with E-state index >= 15 is 0 Å². The topological polar surface area (TPSA) is 54.5 Å². The maximum Gasteiger partial charge on any atom is 0.0980 e.